The maximum Gasteiger partial charge on any atom is 0.416 e. The minimum Gasteiger partial charge on any atom is -0.465 e. The van der Waals surface area contributed by atoms with E-state index in [-0.39, 0.29) is 11.3 Å². The summed E-state index contributed by atoms with van der Waals surface area (Å²) in [4.78, 5) is 10.5. The van der Waals surface area contributed by atoms with Gasteiger partial charge in [-0.1, -0.05) is 0 Å². The topological polar surface area (TPSA) is 67.8 Å². The molecule has 0 radical (unpaired) electrons. The van der Waals surface area contributed by atoms with Crippen LogP contribution in [0, 0.1) is 0 Å². The lowest BCUT2D eigenvalue weighted by atomic mass is 10.1. The summed E-state index contributed by atoms with van der Waals surface area (Å²) in [7, 11) is 2.53. The molecule has 1 aromatic carbocycles. The van der Waals surface area contributed by atoms with Crippen LogP contribution in [0.15, 0.2) is 18.2 Å². The molecule has 2 N–H and O–H groups in total. The second-order valence-electron chi connectivity index (χ2n) is 3.57. The van der Waals surface area contributed by atoms with Gasteiger partial charge in [-0.25, -0.2) is 4.79 Å². The SMILES string of the molecule is COC(OC)c1cc(NC(=O)O)cc(C(F)(F)F)c1. The van der Waals surface area contributed by atoms with Gasteiger partial charge in [0.1, 0.15) is 0 Å². The molecule has 0 spiro atoms. The van der Waals surface area contributed by atoms with Crippen LogP contribution >= 0.6 is 0 Å². The molecule has 0 bridgehead atoms. The summed E-state index contributed by atoms with van der Waals surface area (Å²) in [6.07, 6.45) is -7.08. The van der Waals surface area contributed by atoms with E-state index in [4.69, 9.17) is 14.6 Å². The lowest BCUT2D eigenvalue weighted by Crippen LogP contribution is -2.13. The van der Waals surface area contributed by atoms with Crippen LogP contribution in [0.25, 0.3) is 0 Å². The minimum atomic E-state index is -4.60. The van der Waals surface area contributed by atoms with Gasteiger partial charge in [-0.3, -0.25) is 5.32 Å². The molecule has 0 saturated carbocycles. The predicted octanol–water partition coefficient (Wildman–Crippen LogP) is 3.09. The van der Waals surface area contributed by atoms with Crippen molar-refractivity contribution in [3.63, 3.8) is 0 Å². The van der Waals surface area contributed by atoms with Crippen molar-refractivity contribution in [3.8, 4) is 0 Å². The number of hydrogen-bond acceptors (Lipinski definition) is 3. The zero-order valence-corrected chi connectivity index (χ0v) is 10.1. The Hall–Kier alpha value is -1.80. The van der Waals surface area contributed by atoms with Crippen LogP contribution < -0.4 is 5.32 Å². The molecule has 0 saturated heterocycles. The van der Waals surface area contributed by atoms with Crippen molar-refractivity contribution < 1.29 is 32.5 Å². The number of amides is 1. The van der Waals surface area contributed by atoms with Gasteiger partial charge in [0.25, 0.3) is 0 Å². The van der Waals surface area contributed by atoms with Gasteiger partial charge >= 0.3 is 12.3 Å². The number of halogens is 3. The molecule has 0 aliphatic rings. The molecule has 1 aromatic rings. The Morgan fingerprint density at radius 2 is 1.84 bits per heavy atom. The highest BCUT2D eigenvalue weighted by Gasteiger charge is 2.32. The first-order chi connectivity index (χ1) is 8.77. The lowest BCUT2D eigenvalue weighted by Gasteiger charge is -2.17. The molecule has 0 unspecified atom stereocenters. The fourth-order valence-corrected chi connectivity index (χ4v) is 1.52. The molecule has 0 atom stereocenters. The minimum absolute atomic E-state index is 0.0589. The third-order valence-electron chi connectivity index (χ3n) is 2.23. The van der Waals surface area contributed by atoms with Crippen molar-refractivity contribution in [3.05, 3.63) is 29.3 Å². The van der Waals surface area contributed by atoms with E-state index in [0.29, 0.717) is 6.07 Å². The summed E-state index contributed by atoms with van der Waals surface area (Å²) in [5.74, 6) is 0. The molecule has 0 heterocycles. The molecular weight excluding hydrogens is 267 g/mol. The Balaban J connectivity index is 3.27. The van der Waals surface area contributed by atoms with Gasteiger partial charge in [0.2, 0.25) is 0 Å². The number of alkyl halides is 3. The van der Waals surface area contributed by atoms with Gasteiger partial charge in [0, 0.05) is 25.5 Å². The van der Waals surface area contributed by atoms with E-state index in [1.165, 1.54) is 20.3 Å². The third-order valence-corrected chi connectivity index (χ3v) is 2.23. The van der Waals surface area contributed by atoms with Gasteiger partial charge in [0.15, 0.2) is 6.29 Å². The number of carboxylic acid groups (broad SMARTS) is 1. The van der Waals surface area contributed by atoms with E-state index in [2.05, 4.69) is 0 Å². The number of hydrogen-bond donors (Lipinski definition) is 2. The van der Waals surface area contributed by atoms with Crippen molar-refractivity contribution in [2.75, 3.05) is 19.5 Å². The molecule has 5 nitrogen and oxygen atoms in total. The van der Waals surface area contributed by atoms with Gasteiger partial charge in [0.05, 0.1) is 5.56 Å². The van der Waals surface area contributed by atoms with Gasteiger partial charge in [-0.05, 0) is 18.2 Å². The highest BCUT2D eigenvalue weighted by Crippen LogP contribution is 2.34. The molecule has 106 valence electrons. The zero-order chi connectivity index (χ0) is 14.6. The molecule has 1 amide bonds. The van der Waals surface area contributed by atoms with E-state index in [0.717, 1.165) is 6.07 Å². The number of methoxy groups -OCH3 is 2. The molecule has 0 aliphatic carbocycles. The van der Waals surface area contributed by atoms with Crippen LogP contribution in [0.3, 0.4) is 0 Å². The average Bonchev–Trinajstić information content (AvgIpc) is 2.28. The van der Waals surface area contributed by atoms with Crippen molar-refractivity contribution >= 4 is 11.8 Å². The number of ether oxygens (including phenoxy) is 2. The summed E-state index contributed by atoms with van der Waals surface area (Å²) < 4.78 is 47.8. The summed E-state index contributed by atoms with van der Waals surface area (Å²) in [6.45, 7) is 0. The van der Waals surface area contributed by atoms with Crippen molar-refractivity contribution in [2.24, 2.45) is 0 Å². The largest absolute Gasteiger partial charge is 0.465 e. The first-order valence-electron chi connectivity index (χ1n) is 5.05. The first kappa shape index (κ1) is 15.3. The number of anilines is 1. The van der Waals surface area contributed by atoms with Crippen LogP contribution in [0.5, 0.6) is 0 Å². The summed E-state index contributed by atoms with van der Waals surface area (Å²) in [5, 5.41) is 10.4. The number of nitrogens with one attached hydrogen (secondary N) is 1. The standard InChI is InChI=1S/C11H12F3NO4/c1-18-9(19-2)6-3-7(11(12,13)14)5-8(4-6)15-10(16)17/h3-5,9,15H,1-2H3,(H,16,17). The third kappa shape index (κ3) is 4.11. The van der Waals surface area contributed by atoms with Crippen LogP contribution in [0.2, 0.25) is 0 Å². The van der Waals surface area contributed by atoms with Crippen LogP contribution in [0.1, 0.15) is 17.4 Å². The van der Waals surface area contributed by atoms with E-state index in [1.807, 2.05) is 5.32 Å². The van der Waals surface area contributed by atoms with E-state index >= 15 is 0 Å². The Kier molecular flexibility index (Phi) is 4.73. The van der Waals surface area contributed by atoms with Crippen LogP contribution in [-0.2, 0) is 15.7 Å². The number of benzene rings is 1. The zero-order valence-electron chi connectivity index (χ0n) is 10.1. The first-order valence-corrected chi connectivity index (χ1v) is 5.05. The summed E-state index contributed by atoms with van der Waals surface area (Å²) in [6, 6.07) is 2.74. The number of carbonyl (C=O) groups is 1. The normalized spacial score (nSPS) is 11.7. The molecule has 8 heteroatoms. The smallest absolute Gasteiger partial charge is 0.416 e. The lowest BCUT2D eigenvalue weighted by molar-refractivity contribution is -0.138. The average molecular weight is 279 g/mol. The molecule has 0 fully saturated rings. The predicted molar refractivity (Wildman–Crippen MR) is 59.9 cm³/mol. The van der Waals surface area contributed by atoms with E-state index in [1.54, 1.807) is 0 Å². The fourth-order valence-electron chi connectivity index (χ4n) is 1.52. The second kappa shape index (κ2) is 5.89. The Morgan fingerprint density at radius 3 is 2.26 bits per heavy atom. The van der Waals surface area contributed by atoms with Crippen molar-refractivity contribution in [2.45, 2.75) is 12.5 Å². The van der Waals surface area contributed by atoms with E-state index < -0.39 is 24.1 Å². The van der Waals surface area contributed by atoms with E-state index in [9.17, 15) is 18.0 Å². The molecular formula is C11H12F3NO4. The van der Waals surface area contributed by atoms with Crippen LogP contribution in [0.4, 0.5) is 23.7 Å². The molecule has 0 aliphatic heterocycles. The van der Waals surface area contributed by atoms with Gasteiger partial charge in [-0.15, -0.1) is 0 Å². The van der Waals surface area contributed by atoms with Gasteiger partial charge < -0.3 is 14.6 Å². The van der Waals surface area contributed by atoms with Crippen molar-refractivity contribution in [1.82, 2.24) is 0 Å². The monoisotopic (exact) mass is 279 g/mol. The Bertz CT molecular complexity index is 458. The van der Waals surface area contributed by atoms with Crippen molar-refractivity contribution in [1.29, 1.82) is 0 Å². The second-order valence-corrected chi connectivity index (χ2v) is 3.57. The Morgan fingerprint density at radius 1 is 1.26 bits per heavy atom. The fraction of sp³-hybridized carbons (Fsp3) is 0.364. The maximum atomic E-state index is 12.7. The summed E-state index contributed by atoms with van der Waals surface area (Å²) in [5.41, 5.74) is -1.15. The molecule has 19 heavy (non-hydrogen) atoms. The quantitative estimate of drug-likeness (QED) is 0.831. The maximum absolute atomic E-state index is 12.7. The molecule has 1 rings (SSSR count). The summed E-state index contributed by atoms with van der Waals surface area (Å²) >= 11 is 0. The Labute approximate surface area is 106 Å². The van der Waals surface area contributed by atoms with Crippen LogP contribution in [-0.4, -0.2) is 25.4 Å². The van der Waals surface area contributed by atoms with Gasteiger partial charge in [-0.2, -0.15) is 13.2 Å². The highest BCUT2D eigenvalue weighted by molar-refractivity contribution is 5.83. The molecule has 0 aromatic heterocycles. The highest BCUT2D eigenvalue weighted by atomic mass is 19.4. The number of rotatable bonds is 4.